The van der Waals surface area contributed by atoms with Gasteiger partial charge in [0.1, 0.15) is 5.60 Å². The van der Waals surface area contributed by atoms with Crippen LogP contribution in [0.2, 0.25) is 0 Å². The summed E-state index contributed by atoms with van der Waals surface area (Å²) in [6.07, 6.45) is 11.6. The highest BCUT2D eigenvalue weighted by Gasteiger charge is 2.67. The van der Waals surface area contributed by atoms with E-state index >= 15 is 0 Å². The van der Waals surface area contributed by atoms with Crippen molar-refractivity contribution in [2.24, 2.45) is 11.8 Å². The number of nitrogens with one attached hydrogen (secondary N) is 1. The summed E-state index contributed by atoms with van der Waals surface area (Å²) in [6.45, 7) is 4.65. The van der Waals surface area contributed by atoms with E-state index < -0.39 is 17.4 Å². The minimum atomic E-state index is -0.617. The number of carbonyl (C=O) groups is 2. The lowest BCUT2D eigenvalue weighted by atomic mass is 9.77. The average molecular weight is 370 g/mol. The molecule has 4 atom stereocenters. The van der Waals surface area contributed by atoms with Crippen molar-refractivity contribution in [3.05, 3.63) is 24.5 Å². The van der Waals surface area contributed by atoms with Crippen LogP contribution in [0.4, 0.5) is 5.69 Å². The number of nitrogens with zero attached hydrogens (tertiary/aromatic N) is 3. The Bertz CT molecular complexity index is 810. The minimum absolute atomic E-state index is 0.0896. The van der Waals surface area contributed by atoms with Crippen molar-refractivity contribution in [1.29, 1.82) is 0 Å². The molecule has 7 nitrogen and oxygen atoms in total. The lowest BCUT2D eigenvalue weighted by Gasteiger charge is -2.26. The Kier molecular flexibility index (Phi) is 3.73. The normalized spacial score (nSPS) is 34.9. The van der Waals surface area contributed by atoms with Crippen molar-refractivity contribution in [2.75, 3.05) is 11.9 Å². The fraction of sp³-hybridized carbons (Fsp3) is 0.650. The zero-order valence-electron chi connectivity index (χ0n) is 15.8. The molecule has 3 fully saturated rings. The van der Waals surface area contributed by atoms with Crippen LogP contribution in [0.15, 0.2) is 24.5 Å². The van der Waals surface area contributed by atoms with E-state index in [1.807, 2.05) is 37.1 Å². The van der Waals surface area contributed by atoms with Crippen molar-refractivity contribution < 1.29 is 14.3 Å². The number of ether oxygens (including phenoxy) is 1. The molecule has 4 heterocycles. The highest BCUT2D eigenvalue weighted by atomic mass is 16.5. The van der Waals surface area contributed by atoms with Crippen LogP contribution in [0.1, 0.15) is 45.6 Å². The molecule has 0 unspecified atom stereocenters. The third kappa shape index (κ3) is 2.47. The Hall–Kier alpha value is -2.15. The number of amides is 2. The van der Waals surface area contributed by atoms with Crippen LogP contribution < -0.4 is 5.32 Å². The smallest absolute Gasteiger partial charge is 0.231 e. The number of fused-ring (bicyclic) bond motifs is 1. The number of rotatable bonds is 4. The van der Waals surface area contributed by atoms with Gasteiger partial charge in [0, 0.05) is 18.3 Å². The summed E-state index contributed by atoms with van der Waals surface area (Å²) in [6, 6.07) is 0.533. The predicted molar refractivity (Wildman–Crippen MR) is 98.9 cm³/mol. The molecule has 4 aliphatic rings. The molecule has 1 aromatic heterocycles. The number of hydrogen-bond acceptors (Lipinski definition) is 4. The van der Waals surface area contributed by atoms with Crippen LogP contribution in [-0.2, 0) is 14.3 Å². The van der Waals surface area contributed by atoms with Gasteiger partial charge in [-0.1, -0.05) is 25.0 Å². The van der Waals surface area contributed by atoms with Gasteiger partial charge in [0.25, 0.3) is 0 Å². The number of likely N-dealkylation sites (tertiary alicyclic amines) is 1. The first kappa shape index (κ1) is 17.0. The van der Waals surface area contributed by atoms with Crippen molar-refractivity contribution in [2.45, 2.75) is 63.3 Å². The number of hydrogen-bond donors (Lipinski definition) is 1. The molecular weight excluding hydrogens is 344 g/mol. The standard InChI is InChI=1S/C20H26N4O3/c1-12(2)24-10-13(9-21-24)22-18(25)16-15-7-8-20(27-15)11-23(19(26)17(16)20)14-5-3-4-6-14/h7-10,12,14-17H,3-6,11H2,1-2H3,(H,22,25)/t15-,16-,17+,20-/m0/s1. The Balaban J connectivity index is 1.37. The second kappa shape index (κ2) is 5.92. The Morgan fingerprint density at radius 2 is 2.15 bits per heavy atom. The van der Waals surface area contributed by atoms with Gasteiger partial charge < -0.3 is 15.0 Å². The SMILES string of the molecule is CC(C)n1cc(NC(=O)[C@H]2[C@@H]3C=C[C@@]4(CN(C5CCCC5)C(=O)[C@@H]24)O3)cn1. The summed E-state index contributed by atoms with van der Waals surface area (Å²) in [5.74, 6) is -0.947. The topological polar surface area (TPSA) is 76.5 Å². The maximum absolute atomic E-state index is 13.2. The van der Waals surface area contributed by atoms with Gasteiger partial charge in [0.15, 0.2) is 0 Å². The highest BCUT2D eigenvalue weighted by Crippen LogP contribution is 2.53. The van der Waals surface area contributed by atoms with Gasteiger partial charge in [0.2, 0.25) is 11.8 Å². The molecular formula is C20H26N4O3. The molecule has 27 heavy (non-hydrogen) atoms. The molecule has 3 aliphatic heterocycles. The van der Waals surface area contributed by atoms with E-state index in [2.05, 4.69) is 10.4 Å². The lowest BCUT2D eigenvalue weighted by Crippen LogP contribution is -2.42. The first-order chi connectivity index (χ1) is 13.0. The number of carbonyl (C=O) groups excluding carboxylic acids is 2. The summed E-state index contributed by atoms with van der Waals surface area (Å²) in [4.78, 5) is 28.3. The van der Waals surface area contributed by atoms with Crippen LogP contribution >= 0.6 is 0 Å². The van der Waals surface area contributed by atoms with Gasteiger partial charge in [0.05, 0.1) is 36.4 Å². The van der Waals surface area contributed by atoms with E-state index in [1.54, 1.807) is 10.9 Å². The quantitative estimate of drug-likeness (QED) is 0.824. The summed E-state index contributed by atoms with van der Waals surface area (Å²) in [7, 11) is 0. The predicted octanol–water partition coefficient (Wildman–Crippen LogP) is 2.13. The summed E-state index contributed by atoms with van der Waals surface area (Å²) in [5, 5.41) is 7.22. The summed E-state index contributed by atoms with van der Waals surface area (Å²) in [5.41, 5.74) is 0.0432. The van der Waals surface area contributed by atoms with Gasteiger partial charge in [-0.3, -0.25) is 14.3 Å². The fourth-order valence-corrected chi connectivity index (χ4v) is 5.26. The van der Waals surface area contributed by atoms with Gasteiger partial charge in [-0.25, -0.2) is 0 Å². The minimum Gasteiger partial charge on any atom is -0.360 e. The molecule has 1 aromatic rings. The van der Waals surface area contributed by atoms with Gasteiger partial charge in [-0.15, -0.1) is 0 Å². The molecule has 2 saturated heterocycles. The summed E-state index contributed by atoms with van der Waals surface area (Å²) >= 11 is 0. The molecule has 1 N–H and O–H groups in total. The molecule has 7 heteroatoms. The first-order valence-corrected chi connectivity index (χ1v) is 10.0. The monoisotopic (exact) mass is 370 g/mol. The summed E-state index contributed by atoms with van der Waals surface area (Å²) < 4.78 is 8.01. The van der Waals surface area contributed by atoms with Crippen LogP contribution in [0, 0.1) is 11.8 Å². The molecule has 1 saturated carbocycles. The van der Waals surface area contributed by atoms with E-state index in [0.29, 0.717) is 18.3 Å². The van der Waals surface area contributed by atoms with Crippen LogP contribution in [0.5, 0.6) is 0 Å². The molecule has 1 spiro atoms. The van der Waals surface area contributed by atoms with E-state index in [-0.39, 0.29) is 24.0 Å². The molecule has 1 aliphatic carbocycles. The maximum Gasteiger partial charge on any atom is 0.231 e. The van der Waals surface area contributed by atoms with Crippen molar-refractivity contribution in [1.82, 2.24) is 14.7 Å². The molecule has 0 aromatic carbocycles. The largest absolute Gasteiger partial charge is 0.360 e. The molecule has 144 valence electrons. The second-order valence-corrected chi connectivity index (χ2v) is 8.60. The van der Waals surface area contributed by atoms with E-state index in [9.17, 15) is 9.59 Å². The van der Waals surface area contributed by atoms with Crippen LogP contribution in [0.25, 0.3) is 0 Å². The third-order valence-electron chi connectivity index (χ3n) is 6.60. The molecule has 0 radical (unpaired) electrons. The zero-order valence-corrected chi connectivity index (χ0v) is 15.8. The third-order valence-corrected chi connectivity index (χ3v) is 6.60. The average Bonchev–Trinajstić information content (AvgIpc) is 3.42. The van der Waals surface area contributed by atoms with Crippen LogP contribution in [0.3, 0.4) is 0 Å². The number of aromatic nitrogens is 2. The second-order valence-electron chi connectivity index (χ2n) is 8.60. The number of anilines is 1. The molecule has 2 amide bonds. The zero-order chi connectivity index (χ0) is 18.8. The molecule has 2 bridgehead atoms. The van der Waals surface area contributed by atoms with Gasteiger partial charge in [-0.2, -0.15) is 5.10 Å². The van der Waals surface area contributed by atoms with Crippen molar-refractivity contribution >= 4 is 17.5 Å². The van der Waals surface area contributed by atoms with Crippen molar-refractivity contribution in [3.8, 4) is 0 Å². The maximum atomic E-state index is 13.2. The Morgan fingerprint density at radius 3 is 2.85 bits per heavy atom. The van der Waals surface area contributed by atoms with E-state index in [0.717, 1.165) is 12.8 Å². The first-order valence-electron chi connectivity index (χ1n) is 10.0. The van der Waals surface area contributed by atoms with Gasteiger partial charge >= 0.3 is 0 Å². The lowest BCUT2D eigenvalue weighted by molar-refractivity contribution is -0.137. The fourth-order valence-electron chi connectivity index (χ4n) is 5.26. The molecule has 5 rings (SSSR count). The van der Waals surface area contributed by atoms with E-state index in [1.165, 1.54) is 12.8 Å². The van der Waals surface area contributed by atoms with Crippen LogP contribution in [-0.4, -0.2) is 50.8 Å². The highest BCUT2D eigenvalue weighted by molar-refractivity contribution is 5.99. The Labute approximate surface area is 158 Å². The Morgan fingerprint density at radius 1 is 1.37 bits per heavy atom. The van der Waals surface area contributed by atoms with E-state index in [4.69, 9.17) is 4.74 Å². The van der Waals surface area contributed by atoms with Crippen molar-refractivity contribution in [3.63, 3.8) is 0 Å². The van der Waals surface area contributed by atoms with Gasteiger partial charge in [-0.05, 0) is 26.7 Å².